The van der Waals surface area contributed by atoms with Crippen molar-refractivity contribution >= 4 is 11.6 Å². The van der Waals surface area contributed by atoms with E-state index in [0.717, 1.165) is 35.9 Å². The van der Waals surface area contributed by atoms with E-state index < -0.39 is 0 Å². The van der Waals surface area contributed by atoms with E-state index in [-0.39, 0.29) is 0 Å². The van der Waals surface area contributed by atoms with Crippen molar-refractivity contribution in [3.8, 4) is 0 Å². The number of rotatable bonds is 3. The van der Waals surface area contributed by atoms with Gasteiger partial charge in [0.1, 0.15) is 5.82 Å². The number of benzene rings is 1. The summed E-state index contributed by atoms with van der Waals surface area (Å²) in [6.45, 7) is 6.26. The summed E-state index contributed by atoms with van der Waals surface area (Å²) in [4.78, 5) is 9.60. The minimum absolute atomic E-state index is 0.409. The molecule has 0 saturated carbocycles. The second-order valence-corrected chi connectivity index (χ2v) is 6.21. The van der Waals surface area contributed by atoms with Crippen molar-refractivity contribution < 1.29 is 0 Å². The minimum atomic E-state index is 0.409. The number of halogens is 1. The molecule has 1 aromatic carbocycles. The first-order valence-electron chi connectivity index (χ1n) is 7.48. The molecule has 0 aliphatic carbocycles. The normalized spacial score (nSPS) is 14.3. The van der Waals surface area contributed by atoms with Crippen LogP contribution in [0, 0.1) is 0 Å². The third-order valence-electron chi connectivity index (χ3n) is 3.86. The molecule has 0 spiro atoms. The second-order valence-electron chi connectivity index (χ2n) is 5.80. The van der Waals surface area contributed by atoms with Crippen molar-refractivity contribution in [1.29, 1.82) is 0 Å². The van der Waals surface area contributed by atoms with Crippen molar-refractivity contribution in [3.63, 3.8) is 0 Å². The first kappa shape index (κ1) is 14.5. The lowest BCUT2D eigenvalue weighted by atomic mass is 9.98. The van der Waals surface area contributed by atoms with Crippen LogP contribution in [0.1, 0.15) is 48.1 Å². The molecular weight excluding hydrogens is 282 g/mol. The number of hydrogen-bond donors (Lipinski definition) is 1. The molecule has 2 aromatic rings. The maximum Gasteiger partial charge on any atom is 0.133 e. The van der Waals surface area contributed by atoms with Crippen molar-refractivity contribution in [2.75, 3.05) is 6.54 Å². The predicted octanol–water partition coefficient (Wildman–Crippen LogP) is 3.49. The van der Waals surface area contributed by atoms with E-state index in [1.165, 1.54) is 17.0 Å². The summed E-state index contributed by atoms with van der Waals surface area (Å²) in [6, 6.07) is 7.92. The monoisotopic (exact) mass is 301 g/mol. The summed E-state index contributed by atoms with van der Waals surface area (Å²) in [7, 11) is 0. The summed E-state index contributed by atoms with van der Waals surface area (Å²) in [6.07, 6.45) is 1.67. The van der Waals surface area contributed by atoms with Gasteiger partial charge in [-0.25, -0.2) is 9.97 Å². The average Bonchev–Trinajstić information content (AvgIpc) is 2.48. The van der Waals surface area contributed by atoms with E-state index in [0.29, 0.717) is 12.3 Å². The zero-order valence-electron chi connectivity index (χ0n) is 12.5. The van der Waals surface area contributed by atoms with Gasteiger partial charge in [-0.15, -0.1) is 0 Å². The predicted molar refractivity (Wildman–Crippen MR) is 85.8 cm³/mol. The Kier molecular flexibility index (Phi) is 4.22. The standard InChI is InChI=1S/C17H20ClN3/c1-11(2)17-13-10-19-8-7-15(13)20-16(21-17)9-12-5-3-4-6-14(12)18/h3-6,11,19H,7-10H2,1-2H3. The molecule has 0 atom stereocenters. The number of nitrogens with one attached hydrogen (secondary N) is 1. The first-order valence-corrected chi connectivity index (χ1v) is 7.85. The summed E-state index contributed by atoms with van der Waals surface area (Å²) >= 11 is 6.25. The van der Waals surface area contributed by atoms with Crippen LogP contribution in [0.2, 0.25) is 5.02 Å². The second kappa shape index (κ2) is 6.12. The van der Waals surface area contributed by atoms with Crippen molar-refractivity contribution in [2.45, 2.75) is 39.2 Å². The molecule has 2 heterocycles. The Labute approximate surface area is 130 Å². The Morgan fingerprint density at radius 2 is 2.05 bits per heavy atom. The van der Waals surface area contributed by atoms with Gasteiger partial charge in [0.05, 0.1) is 11.4 Å². The van der Waals surface area contributed by atoms with E-state index >= 15 is 0 Å². The summed E-state index contributed by atoms with van der Waals surface area (Å²) in [5.41, 5.74) is 4.76. The molecular formula is C17H20ClN3. The lowest BCUT2D eigenvalue weighted by Gasteiger charge is -2.21. The van der Waals surface area contributed by atoms with Crippen LogP contribution in [0.4, 0.5) is 0 Å². The molecule has 0 radical (unpaired) electrons. The highest BCUT2D eigenvalue weighted by atomic mass is 35.5. The fourth-order valence-corrected chi connectivity index (χ4v) is 2.99. The highest BCUT2D eigenvalue weighted by Gasteiger charge is 2.19. The third-order valence-corrected chi connectivity index (χ3v) is 4.23. The Morgan fingerprint density at radius 3 is 2.81 bits per heavy atom. The van der Waals surface area contributed by atoms with Gasteiger partial charge in [0.2, 0.25) is 0 Å². The summed E-state index contributed by atoms with van der Waals surface area (Å²) in [5, 5.41) is 4.20. The SMILES string of the molecule is CC(C)c1nc(Cc2ccccc2Cl)nc2c1CNCC2. The molecule has 4 heteroatoms. The van der Waals surface area contributed by atoms with Crippen molar-refractivity contribution in [3.05, 3.63) is 57.6 Å². The Balaban J connectivity index is 1.99. The zero-order valence-corrected chi connectivity index (χ0v) is 13.2. The zero-order chi connectivity index (χ0) is 14.8. The van der Waals surface area contributed by atoms with Gasteiger partial charge in [-0.05, 0) is 17.5 Å². The van der Waals surface area contributed by atoms with Crippen LogP contribution in [0.3, 0.4) is 0 Å². The molecule has 0 saturated heterocycles. The van der Waals surface area contributed by atoms with Crippen LogP contribution >= 0.6 is 11.6 Å². The van der Waals surface area contributed by atoms with Crippen LogP contribution in [0.5, 0.6) is 0 Å². The number of hydrogen-bond acceptors (Lipinski definition) is 3. The van der Waals surface area contributed by atoms with E-state index in [1.54, 1.807) is 0 Å². The van der Waals surface area contributed by atoms with E-state index in [9.17, 15) is 0 Å². The van der Waals surface area contributed by atoms with Gasteiger partial charge in [0, 0.05) is 36.5 Å². The van der Waals surface area contributed by atoms with Gasteiger partial charge in [-0.2, -0.15) is 0 Å². The van der Waals surface area contributed by atoms with Crippen LogP contribution in [-0.2, 0) is 19.4 Å². The quantitative estimate of drug-likeness (QED) is 0.943. The third kappa shape index (κ3) is 3.09. The maximum atomic E-state index is 6.25. The van der Waals surface area contributed by atoms with Crippen LogP contribution in [0.25, 0.3) is 0 Å². The summed E-state index contributed by atoms with van der Waals surface area (Å²) in [5.74, 6) is 1.29. The molecule has 0 fully saturated rings. The van der Waals surface area contributed by atoms with Crippen molar-refractivity contribution in [1.82, 2.24) is 15.3 Å². The largest absolute Gasteiger partial charge is 0.312 e. The van der Waals surface area contributed by atoms with Crippen LogP contribution < -0.4 is 5.32 Å². The van der Waals surface area contributed by atoms with E-state index in [2.05, 4.69) is 19.2 Å². The average molecular weight is 302 g/mol. The van der Waals surface area contributed by atoms with Gasteiger partial charge < -0.3 is 5.32 Å². The van der Waals surface area contributed by atoms with Gasteiger partial charge in [0.25, 0.3) is 0 Å². The molecule has 1 aliphatic rings. The fraction of sp³-hybridized carbons (Fsp3) is 0.412. The molecule has 1 aromatic heterocycles. The molecule has 1 N–H and O–H groups in total. The first-order chi connectivity index (χ1) is 10.1. The topological polar surface area (TPSA) is 37.8 Å². The number of nitrogens with zero attached hydrogens (tertiary/aromatic N) is 2. The van der Waals surface area contributed by atoms with Gasteiger partial charge in [-0.3, -0.25) is 0 Å². The van der Waals surface area contributed by atoms with Crippen LogP contribution in [0.15, 0.2) is 24.3 Å². The van der Waals surface area contributed by atoms with E-state index in [1.807, 2.05) is 24.3 Å². The smallest absolute Gasteiger partial charge is 0.133 e. The van der Waals surface area contributed by atoms with Crippen molar-refractivity contribution in [2.24, 2.45) is 0 Å². The molecule has 110 valence electrons. The fourth-order valence-electron chi connectivity index (χ4n) is 2.79. The number of fused-ring (bicyclic) bond motifs is 1. The van der Waals surface area contributed by atoms with E-state index in [4.69, 9.17) is 21.6 Å². The van der Waals surface area contributed by atoms with Gasteiger partial charge in [-0.1, -0.05) is 43.6 Å². The lowest BCUT2D eigenvalue weighted by molar-refractivity contribution is 0.602. The Morgan fingerprint density at radius 1 is 1.24 bits per heavy atom. The highest BCUT2D eigenvalue weighted by molar-refractivity contribution is 6.31. The molecule has 21 heavy (non-hydrogen) atoms. The van der Waals surface area contributed by atoms with Gasteiger partial charge >= 0.3 is 0 Å². The maximum absolute atomic E-state index is 6.25. The molecule has 3 rings (SSSR count). The molecule has 0 unspecified atom stereocenters. The summed E-state index contributed by atoms with van der Waals surface area (Å²) < 4.78 is 0. The molecule has 0 bridgehead atoms. The van der Waals surface area contributed by atoms with Gasteiger partial charge in [0.15, 0.2) is 0 Å². The number of aromatic nitrogens is 2. The lowest BCUT2D eigenvalue weighted by Crippen LogP contribution is -2.27. The Hall–Kier alpha value is -1.45. The Bertz CT molecular complexity index is 652. The van der Waals surface area contributed by atoms with Crippen LogP contribution in [-0.4, -0.2) is 16.5 Å². The minimum Gasteiger partial charge on any atom is -0.312 e. The molecule has 1 aliphatic heterocycles. The molecule has 3 nitrogen and oxygen atoms in total. The highest BCUT2D eigenvalue weighted by Crippen LogP contribution is 2.24. The molecule has 0 amide bonds.